The van der Waals surface area contributed by atoms with Crippen LogP contribution in [-0.4, -0.2) is 11.1 Å². The Bertz CT molecular complexity index is 551. The lowest BCUT2D eigenvalue weighted by molar-refractivity contribution is 0.0697. The van der Waals surface area contributed by atoms with Gasteiger partial charge in [0.1, 0.15) is 0 Å². The molecule has 2 aromatic rings. The monoisotopic (exact) mass is 316 g/mol. The maximum atomic E-state index is 10.9. The predicted octanol–water partition coefficient (Wildman–Crippen LogP) is 4.53. The van der Waals surface area contributed by atoms with Crippen LogP contribution in [0.5, 0.6) is 0 Å². The van der Waals surface area contributed by atoms with E-state index in [1.54, 1.807) is 23.5 Å². The van der Waals surface area contributed by atoms with E-state index in [1.165, 1.54) is 0 Å². The molecule has 0 aliphatic rings. The quantitative estimate of drug-likeness (QED) is 0.883. The average Bonchev–Trinajstić information content (AvgIpc) is 2.65. The minimum Gasteiger partial charge on any atom is -0.478 e. The van der Waals surface area contributed by atoms with Gasteiger partial charge >= 0.3 is 5.97 Å². The van der Waals surface area contributed by atoms with Crippen molar-refractivity contribution in [2.24, 2.45) is 0 Å². The van der Waals surface area contributed by atoms with Gasteiger partial charge in [-0.05, 0) is 45.1 Å². The molecule has 5 heteroatoms. The molecular weight excluding hydrogens is 312 g/mol. The number of benzene rings is 1. The molecule has 0 saturated carbocycles. The molecule has 0 aliphatic heterocycles. The van der Waals surface area contributed by atoms with Crippen molar-refractivity contribution in [3.05, 3.63) is 44.7 Å². The summed E-state index contributed by atoms with van der Waals surface area (Å²) in [5.74, 6) is -1.01. The third-order valence-corrected chi connectivity index (χ3v) is 4.29. The summed E-state index contributed by atoms with van der Waals surface area (Å²) in [6.07, 6.45) is 0. The number of hydrogen-bond acceptors (Lipinski definition) is 2. The third kappa shape index (κ3) is 2.14. The van der Waals surface area contributed by atoms with Crippen LogP contribution in [0.25, 0.3) is 10.4 Å². The Hall–Kier alpha value is -0.840. The number of carbonyl (C=O) groups is 1. The molecule has 0 amide bonds. The summed E-state index contributed by atoms with van der Waals surface area (Å²) in [5, 5.41) is 11.2. The first-order valence-corrected chi connectivity index (χ1v) is 6.41. The second-order valence-corrected chi connectivity index (χ2v) is 5.28. The highest BCUT2D eigenvalue weighted by atomic mass is 79.9. The summed E-state index contributed by atoms with van der Waals surface area (Å²) in [5.41, 5.74) is 0.975. The first-order chi connectivity index (χ1) is 7.59. The van der Waals surface area contributed by atoms with Crippen molar-refractivity contribution in [3.8, 4) is 10.4 Å². The number of hydrogen-bond donors (Lipinski definition) is 1. The summed E-state index contributed by atoms with van der Waals surface area (Å²) in [6.45, 7) is 0. The predicted molar refractivity (Wildman–Crippen MR) is 69.4 cm³/mol. The number of rotatable bonds is 2. The van der Waals surface area contributed by atoms with Crippen molar-refractivity contribution in [3.63, 3.8) is 0 Å². The Balaban J connectivity index is 2.56. The highest BCUT2D eigenvalue weighted by Gasteiger charge is 2.12. The van der Waals surface area contributed by atoms with Crippen molar-refractivity contribution >= 4 is 44.8 Å². The smallest absolute Gasteiger partial charge is 0.337 e. The van der Waals surface area contributed by atoms with E-state index < -0.39 is 5.97 Å². The van der Waals surface area contributed by atoms with Crippen LogP contribution in [0.1, 0.15) is 10.4 Å². The molecule has 0 bridgehead atoms. The van der Waals surface area contributed by atoms with Gasteiger partial charge in [0.2, 0.25) is 0 Å². The summed E-state index contributed by atoms with van der Waals surface area (Å²) in [4.78, 5) is 11.9. The van der Waals surface area contributed by atoms with Gasteiger partial charge in [0.05, 0.1) is 10.6 Å². The van der Waals surface area contributed by atoms with Gasteiger partial charge in [0, 0.05) is 9.35 Å². The lowest BCUT2D eigenvalue weighted by atomic mass is 10.1. The van der Waals surface area contributed by atoms with Crippen LogP contribution in [0.3, 0.4) is 0 Å². The van der Waals surface area contributed by atoms with Gasteiger partial charge in [-0.3, -0.25) is 0 Å². The molecule has 2 nitrogen and oxygen atoms in total. The topological polar surface area (TPSA) is 37.3 Å². The van der Waals surface area contributed by atoms with Gasteiger partial charge in [-0.25, -0.2) is 4.79 Å². The fraction of sp³-hybridized carbons (Fsp3) is 0. The van der Waals surface area contributed by atoms with Crippen molar-refractivity contribution in [1.29, 1.82) is 0 Å². The Kier molecular flexibility index (Phi) is 3.33. The summed E-state index contributed by atoms with van der Waals surface area (Å²) < 4.78 is 0.955. The number of thiophene rings is 1. The second kappa shape index (κ2) is 4.57. The summed E-state index contributed by atoms with van der Waals surface area (Å²) >= 11 is 10.8. The number of carboxylic acids is 1. The van der Waals surface area contributed by atoms with E-state index in [9.17, 15) is 4.79 Å². The molecule has 0 unspecified atom stereocenters. The average molecular weight is 318 g/mol. The van der Waals surface area contributed by atoms with E-state index in [1.807, 2.05) is 17.5 Å². The first kappa shape index (κ1) is 11.6. The molecule has 1 aromatic carbocycles. The van der Waals surface area contributed by atoms with Gasteiger partial charge in [-0.1, -0.05) is 17.7 Å². The van der Waals surface area contributed by atoms with Crippen LogP contribution in [0, 0.1) is 0 Å². The molecule has 82 valence electrons. The molecular formula is C11H6BrClO2S. The van der Waals surface area contributed by atoms with Crippen molar-refractivity contribution in [2.45, 2.75) is 0 Å². The minimum atomic E-state index is -1.01. The van der Waals surface area contributed by atoms with Crippen LogP contribution >= 0.6 is 38.9 Å². The molecule has 0 spiro atoms. The number of carboxylic acid groups (broad SMARTS) is 1. The van der Waals surface area contributed by atoms with E-state index >= 15 is 0 Å². The Labute approximate surface area is 110 Å². The summed E-state index contributed by atoms with van der Waals surface area (Å²) in [6, 6.07) is 6.92. The standard InChI is InChI=1S/C11H6BrClO2S/c12-8-3-4-16-10(8)6-1-2-9(13)7(5-6)11(14)15/h1-5H,(H,14,15). The maximum Gasteiger partial charge on any atom is 0.337 e. The minimum absolute atomic E-state index is 0.125. The van der Waals surface area contributed by atoms with Crippen molar-refractivity contribution < 1.29 is 9.90 Å². The van der Waals surface area contributed by atoms with Gasteiger partial charge < -0.3 is 5.11 Å². The van der Waals surface area contributed by atoms with E-state index in [2.05, 4.69) is 15.9 Å². The fourth-order valence-corrected chi connectivity index (χ4v) is 3.13. The van der Waals surface area contributed by atoms with Gasteiger partial charge in [-0.2, -0.15) is 0 Å². The molecule has 1 N–H and O–H groups in total. The molecule has 0 atom stereocenters. The molecule has 0 fully saturated rings. The lowest BCUT2D eigenvalue weighted by Crippen LogP contribution is -1.97. The largest absolute Gasteiger partial charge is 0.478 e. The van der Waals surface area contributed by atoms with Crippen LogP contribution in [-0.2, 0) is 0 Å². The third-order valence-electron chi connectivity index (χ3n) is 2.08. The van der Waals surface area contributed by atoms with Gasteiger partial charge in [0.25, 0.3) is 0 Å². The van der Waals surface area contributed by atoms with Crippen molar-refractivity contribution in [2.75, 3.05) is 0 Å². The van der Waals surface area contributed by atoms with Crippen LogP contribution in [0.4, 0.5) is 0 Å². The van der Waals surface area contributed by atoms with E-state index in [-0.39, 0.29) is 10.6 Å². The molecule has 0 radical (unpaired) electrons. The van der Waals surface area contributed by atoms with Crippen molar-refractivity contribution in [1.82, 2.24) is 0 Å². The number of aromatic carboxylic acids is 1. The SMILES string of the molecule is O=C(O)c1cc(-c2sccc2Br)ccc1Cl. The molecule has 0 aliphatic carbocycles. The van der Waals surface area contributed by atoms with Gasteiger partial charge in [-0.15, -0.1) is 11.3 Å². The lowest BCUT2D eigenvalue weighted by Gasteiger charge is -2.03. The maximum absolute atomic E-state index is 10.9. The van der Waals surface area contributed by atoms with Gasteiger partial charge in [0.15, 0.2) is 0 Å². The number of halogens is 2. The van der Waals surface area contributed by atoms with Crippen LogP contribution in [0.2, 0.25) is 5.02 Å². The second-order valence-electron chi connectivity index (χ2n) is 3.10. The molecule has 1 heterocycles. The first-order valence-electron chi connectivity index (χ1n) is 4.36. The van der Waals surface area contributed by atoms with Crippen LogP contribution < -0.4 is 0 Å². The van der Waals surface area contributed by atoms with E-state index in [0.29, 0.717) is 0 Å². The zero-order chi connectivity index (χ0) is 11.7. The molecule has 16 heavy (non-hydrogen) atoms. The Morgan fingerprint density at radius 3 is 2.69 bits per heavy atom. The molecule has 0 saturated heterocycles. The highest BCUT2D eigenvalue weighted by Crippen LogP contribution is 2.35. The highest BCUT2D eigenvalue weighted by molar-refractivity contribution is 9.10. The Morgan fingerprint density at radius 1 is 1.38 bits per heavy atom. The van der Waals surface area contributed by atoms with E-state index in [0.717, 1.165) is 14.9 Å². The fourth-order valence-electron chi connectivity index (χ4n) is 1.33. The Morgan fingerprint density at radius 2 is 2.12 bits per heavy atom. The molecule has 2 rings (SSSR count). The zero-order valence-electron chi connectivity index (χ0n) is 7.91. The zero-order valence-corrected chi connectivity index (χ0v) is 11.1. The van der Waals surface area contributed by atoms with Crippen LogP contribution in [0.15, 0.2) is 34.1 Å². The summed E-state index contributed by atoms with van der Waals surface area (Å²) in [7, 11) is 0. The molecule has 1 aromatic heterocycles. The van der Waals surface area contributed by atoms with E-state index in [4.69, 9.17) is 16.7 Å². The normalized spacial score (nSPS) is 10.4.